The van der Waals surface area contributed by atoms with Gasteiger partial charge in [0.25, 0.3) is 0 Å². The summed E-state index contributed by atoms with van der Waals surface area (Å²) in [6.07, 6.45) is 3.09. The number of aromatic nitrogens is 2. The van der Waals surface area contributed by atoms with Gasteiger partial charge in [-0.05, 0) is 32.4 Å². The van der Waals surface area contributed by atoms with Gasteiger partial charge < -0.3 is 4.74 Å². The normalized spacial score (nSPS) is 11.0. The van der Waals surface area contributed by atoms with Gasteiger partial charge in [-0.25, -0.2) is 14.3 Å². The molecule has 0 N–H and O–H groups in total. The van der Waals surface area contributed by atoms with E-state index in [2.05, 4.69) is 11.1 Å². The summed E-state index contributed by atoms with van der Waals surface area (Å²) < 4.78 is 6.58. The minimum absolute atomic E-state index is 0.463. The highest BCUT2D eigenvalue weighted by atomic mass is 16.6. The minimum atomic E-state index is -0.547. The van der Waals surface area contributed by atoms with E-state index in [-0.39, 0.29) is 0 Å². The molecular weight excluding hydrogens is 266 g/mol. The van der Waals surface area contributed by atoms with E-state index in [0.717, 1.165) is 5.56 Å². The smallest absolute Gasteiger partial charge is 0.419 e. The van der Waals surface area contributed by atoms with E-state index >= 15 is 0 Å². The van der Waals surface area contributed by atoms with Gasteiger partial charge in [0, 0.05) is 12.6 Å². The second-order valence-electron chi connectivity index (χ2n) is 5.70. The van der Waals surface area contributed by atoms with Crippen LogP contribution in [-0.4, -0.2) is 21.2 Å². The lowest BCUT2D eigenvalue weighted by atomic mass is 10.0. The van der Waals surface area contributed by atoms with Crippen molar-refractivity contribution < 1.29 is 9.53 Å². The van der Waals surface area contributed by atoms with Gasteiger partial charge in [-0.3, -0.25) is 0 Å². The van der Waals surface area contributed by atoms with Crippen LogP contribution in [0.3, 0.4) is 0 Å². The number of nitriles is 1. The van der Waals surface area contributed by atoms with Gasteiger partial charge in [0.15, 0.2) is 0 Å². The third kappa shape index (κ3) is 3.93. The lowest BCUT2D eigenvalue weighted by Gasteiger charge is -2.19. The number of rotatable bonds is 2. The number of hydrogen-bond donors (Lipinski definition) is 0. The molecule has 1 aromatic carbocycles. The third-order valence-electron chi connectivity index (χ3n) is 2.75. The predicted molar refractivity (Wildman–Crippen MR) is 77.8 cm³/mol. The van der Waals surface area contributed by atoms with Crippen molar-refractivity contribution in [2.75, 3.05) is 0 Å². The molecule has 0 saturated carbocycles. The van der Waals surface area contributed by atoms with Crippen molar-refractivity contribution in [1.29, 1.82) is 5.26 Å². The van der Waals surface area contributed by atoms with Crippen molar-refractivity contribution in [2.45, 2.75) is 32.8 Å². The van der Waals surface area contributed by atoms with Crippen LogP contribution in [0, 0.1) is 11.3 Å². The number of hydrogen-bond acceptors (Lipinski definition) is 4. The summed E-state index contributed by atoms with van der Waals surface area (Å²) in [6, 6.07) is 9.49. The Morgan fingerprint density at radius 1 is 1.38 bits per heavy atom. The van der Waals surface area contributed by atoms with E-state index in [1.54, 1.807) is 12.3 Å². The highest BCUT2D eigenvalue weighted by Crippen LogP contribution is 2.14. The van der Waals surface area contributed by atoms with Crippen LogP contribution in [0.5, 0.6) is 0 Å². The van der Waals surface area contributed by atoms with Gasteiger partial charge in [-0.1, -0.05) is 18.2 Å². The van der Waals surface area contributed by atoms with Crippen molar-refractivity contribution in [3.63, 3.8) is 0 Å². The lowest BCUT2D eigenvalue weighted by molar-refractivity contribution is 0.0536. The van der Waals surface area contributed by atoms with Crippen LogP contribution in [0.4, 0.5) is 4.79 Å². The first kappa shape index (κ1) is 14.8. The van der Waals surface area contributed by atoms with Crippen LogP contribution in [-0.2, 0) is 11.2 Å². The Labute approximate surface area is 123 Å². The zero-order valence-electron chi connectivity index (χ0n) is 12.3. The Morgan fingerprint density at radius 3 is 2.76 bits per heavy atom. The van der Waals surface area contributed by atoms with Gasteiger partial charge >= 0.3 is 6.09 Å². The largest absolute Gasteiger partial charge is 0.443 e. The maximum Gasteiger partial charge on any atom is 0.419 e. The zero-order valence-corrected chi connectivity index (χ0v) is 12.3. The molecular formula is C16H17N3O2. The Bertz CT molecular complexity index is 690. The molecule has 1 aromatic heterocycles. The fraction of sp³-hybridized carbons (Fsp3) is 0.312. The van der Waals surface area contributed by atoms with E-state index in [4.69, 9.17) is 10.00 Å². The molecule has 5 nitrogen and oxygen atoms in total. The second-order valence-corrected chi connectivity index (χ2v) is 5.70. The number of carbonyl (C=O) groups is 1. The Morgan fingerprint density at radius 2 is 2.10 bits per heavy atom. The molecule has 1 heterocycles. The highest BCUT2D eigenvalue weighted by Gasteiger charge is 2.18. The first-order valence-electron chi connectivity index (χ1n) is 6.63. The number of ether oxygens (including phenoxy) is 1. The first-order chi connectivity index (χ1) is 9.89. The summed E-state index contributed by atoms with van der Waals surface area (Å²) in [6.45, 7) is 5.43. The van der Waals surface area contributed by atoms with Gasteiger partial charge in [-0.2, -0.15) is 5.26 Å². The molecule has 0 amide bonds. The van der Waals surface area contributed by atoms with Crippen molar-refractivity contribution >= 4 is 6.09 Å². The SMILES string of the molecule is CC(C)(C)OC(=O)n1cnc(Cc2ccccc2C#N)c1. The molecule has 0 fully saturated rings. The monoisotopic (exact) mass is 283 g/mol. The first-order valence-corrected chi connectivity index (χ1v) is 6.63. The van der Waals surface area contributed by atoms with E-state index in [9.17, 15) is 4.79 Å². The molecule has 0 aliphatic heterocycles. The second kappa shape index (κ2) is 5.80. The molecule has 0 aliphatic rings. The van der Waals surface area contributed by atoms with Crippen LogP contribution in [0.15, 0.2) is 36.8 Å². The highest BCUT2D eigenvalue weighted by molar-refractivity contribution is 5.70. The molecule has 0 bridgehead atoms. The summed E-state index contributed by atoms with van der Waals surface area (Å²) in [5, 5.41) is 9.07. The van der Waals surface area contributed by atoms with Crippen molar-refractivity contribution in [3.8, 4) is 6.07 Å². The Hall–Kier alpha value is -2.61. The summed E-state index contributed by atoms with van der Waals surface area (Å²) in [5.74, 6) is 0. The number of imidazole rings is 1. The van der Waals surface area contributed by atoms with E-state index in [1.807, 2.05) is 39.0 Å². The minimum Gasteiger partial charge on any atom is -0.443 e. The molecule has 21 heavy (non-hydrogen) atoms. The Balaban J connectivity index is 2.14. The molecule has 0 spiro atoms. The molecule has 5 heteroatoms. The number of benzene rings is 1. The van der Waals surface area contributed by atoms with Crippen molar-refractivity contribution in [2.24, 2.45) is 0 Å². The van der Waals surface area contributed by atoms with Crippen molar-refractivity contribution in [1.82, 2.24) is 9.55 Å². The van der Waals surface area contributed by atoms with Crippen LogP contribution < -0.4 is 0 Å². The summed E-state index contributed by atoms with van der Waals surface area (Å²) >= 11 is 0. The molecule has 0 atom stereocenters. The average molecular weight is 283 g/mol. The molecule has 0 unspecified atom stereocenters. The maximum atomic E-state index is 11.9. The Kier molecular flexibility index (Phi) is 4.08. The maximum absolute atomic E-state index is 11.9. The van der Waals surface area contributed by atoms with Crippen molar-refractivity contribution in [3.05, 3.63) is 53.6 Å². The topological polar surface area (TPSA) is 67.9 Å². The van der Waals surface area contributed by atoms with E-state index in [0.29, 0.717) is 17.7 Å². The number of carbonyl (C=O) groups excluding carboxylic acids is 1. The van der Waals surface area contributed by atoms with Crippen LogP contribution >= 0.6 is 0 Å². The summed E-state index contributed by atoms with van der Waals surface area (Å²) in [4.78, 5) is 16.1. The molecule has 0 saturated heterocycles. The fourth-order valence-electron chi connectivity index (χ4n) is 1.85. The van der Waals surface area contributed by atoms with Gasteiger partial charge in [-0.15, -0.1) is 0 Å². The molecule has 2 rings (SSSR count). The van der Waals surface area contributed by atoms with Gasteiger partial charge in [0.05, 0.1) is 17.3 Å². The molecule has 0 aliphatic carbocycles. The van der Waals surface area contributed by atoms with Crippen LogP contribution in [0.1, 0.15) is 37.6 Å². The zero-order chi connectivity index (χ0) is 15.5. The number of nitrogens with zero attached hydrogens (tertiary/aromatic N) is 3. The van der Waals surface area contributed by atoms with Gasteiger partial charge in [0.1, 0.15) is 11.9 Å². The average Bonchev–Trinajstić information content (AvgIpc) is 2.86. The molecule has 108 valence electrons. The van der Waals surface area contributed by atoms with Crippen LogP contribution in [0.25, 0.3) is 0 Å². The summed E-state index contributed by atoms with van der Waals surface area (Å²) in [5.41, 5.74) is 1.66. The van der Waals surface area contributed by atoms with E-state index < -0.39 is 11.7 Å². The standard InChI is InChI=1S/C16H17N3O2/c1-16(2,3)21-15(20)19-10-14(18-11-19)8-12-6-4-5-7-13(12)9-17/h4-7,10-11H,8H2,1-3H3. The van der Waals surface area contributed by atoms with E-state index in [1.165, 1.54) is 10.9 Å². The predicted octanol–water partition coefficient (Wildman–Crippen LogP) is 3.13. The third-order valence-corrected chi connectivity index (χ3v) is 2.75. The van der Waals surface area contributed by atoms with Crippen LogP contribution in [0.2, 0.25) is 0 Å². The lowest BCUT2D eigenvalue weighted by Crippen LogP contribution is -2.26. The molecule has 2 aromatic rings. The quantitative estimate of drug-likeness (QED) is 0.849. The van der Waals surface area contributed by atoms with Gasteiger partial charge in [0.2, 0.25) is 0 Å². The fourth-order valence-corrected chi connectivity index (χ4v) is 1.85. The molecule has 0 radical (unpaired) electrons. The summed E-state index contributed by atoms with van der Waals surface area (Å²) in [7, 11) is 0.